The molecule has 0 bridgehead atoms. The maximum atomic E-state index is 12.5. The fraction of sp³-hybridized carbons (Fsp3) is 0.417. The van der Waals surface area contributed by atoms with Gasteiger partial charge in [-0.1, -0.05) is 36.4 Å². The van der Waals surface area contributed by atoms with Gasteiger partial charge in [0.2, 0.25) is 0 Å². The molecule has 2 fully saturated rings. The monoisotopic (exact) mass is 391 g/mol. The molecule has 0 unspecified atom stereocenters. The lowest BCUT2D eigenvalue weighted by Gasteiger charge is -2.55. The molecule has 4 rings (SSSR count). The lowest BCUT2D eigenvalue weighted by atomic mass is 9.74. The van der Waals surface area contributed by atoms with E-state index in [2.05, 4.69) is 45.5 Å². The number of carbonyl (C=O) groups excluding carboxylic acids is 1. The van der Waals surface area contributed by atoms with Crippen molar-refractivity contribution in [3.8, 4) is 0 Å². The van der Waals surface area contributed by atoms with Gasteiger partial charge in [0, 0.05) is 43.5 Å². The predicted molar refractivity (Wildman–Crippen MR) is 115 cm³/mol. The predicted octanol–water partition coefficient (Wildman–Crippen LogP) is 3.08. The highest BCUT2D eigenvalue weighted by molar-refractivity contribution is 5.93. The number of nitrogens with zero attached hydrogens (tertiary/aromatic N) is 2. The number of allylic oxidation sites excluding steroid dienone is 1. The van der Waals surface area contributed by atoms with Crippen LogP contribution in [0.1, 0.15) is 47.2 Å². The third kappa shape index (κ3) is 4.41. The van der Waals surface area contributed by atoms with Crippen LogP contribution in [0.2, 0.25) is 0 Å². The summed E-state index contributed by atoms with van der Waals surface area (Å²) in [7, 11) is 0. The van der Waals surface area contributed by atoms with Crippen LogP contribution in [0.25, 0.3) is 6.08 Å². The van der Waals surface area contributed by atoms with E-state index in [1.54, 1.807) is 24.5 Å². The number of hydrogen-bond acceptors (Lipinski definition) is 4. The lowest BCUT2D eigenvalue weighted by molar-refractivity contribution is -0.0445. The van der Waals surface area contributed by atoms with Gasteiger partial charge < -0.3 is 10.4 Å². The van der Waals surface area contributed by atoms with Gasteiger partial charge in [-0.25, -0.2) is 0 Å². The highest BCUT2D eigenvalue weighted by Gasteiger charge is 2.49. The average Bonchev–Trinajstić information content (AvgIpc) is 3.57. The van der Waals surface area contributed by atoms with Crippen LogP contribution in [-0.2, 0) is 0 Å². The van der Waals surface area contributed by atoms with Crippen LogP contribution in [0.5, 0.6) is 0 Å². The van der Waals surface area contributed by atoms with Gasteiger partial charge in [-0.05, 0) is 48.9 Å². The third-order valence-corrected chi connectivity index (χ3v) is 6.11. The van der Waals surface area contributed by atoms with Gasteiger partial charge >= 0.3 is 0 Å². The third-order valence-electron chi connectivity index (χ3n) is 6.11. The smallest absolute Gasteiger partial charge is 0.252 e. The van der Waals surface area contributed by atoms with Crippen LogP contribution in [-0.4, -0.2) is 52.7 Å². The zero-order valence-electron chi connectivity index (χ0n) is 16.9. The largest absolute Gasteiger partial charge is 0.395 e. The molecule has 1 saturated heterocycles. The van der Waals surface area contributed by atoms with Crippen molar-refractivity contribution in [1.82, 2.24) is 15.2 Å². The van der Waals surface area contributed by atoms with E-state index in [4.69, 9.17) is 0 Å². The molecular formula is C24H29N3O2. The number of aliphatic hydroxyl groups excluding tert-OH is 1. The summed E-state index contributed by atoms with van der Waals surface area (Å²) in [5.41, 5.74) is 2.98. The molecule has 5 nitrogen and oxygen atoms in total. The number of likely N-dealkylation sites (tertiary alicyclic amines) is 1. The van der Waals surface area contributed by atoms with Crippen LogP contribution in [0.15, 0.2) is 54.9 Å². The molecule has 1 amide bonds. The lowest BCUT2D eigenvalue weighted by Crippen LogP contribution is -2.67. The zero-order chi connectivity index (χ0) is 20.2. The Bertz CT molecular complexity index is 846. The quantitative estimate of drug-likeness (QED) is 0.726. The summed E-state index contributed by atoms with van der Waals surface area (Å²) >= 11 is 0. The number of nitrogens with one attached hydrogen (secondary N) is 1. The van der Waals surface area contributed by atoms with Gasteiger partial charge in [0.1, 0.15) is 0 Å². The molecule has 2 aromatic rings. The minimum atomic E-state index is -0.0981. The fourth-order valence-electron chi connectivity index (χ4n) is 4.41. The van der Waals surface area contributed by atoms with Crippen molar-refractivity contribution in [2.45, 2.75) is 37.8 Å². The molecule has 2 N–H and O–H groups in total. The molecule has 1 aliphatic heterocycles. The van der Waals surface area contributed by atoms with Gasteiger partial charge in [0.25, 0.3) is 5.91 Å². The Morgan fingerprint density at radius 2 is 2.03 bits per heavy atom. The Labute approximate surface area is 172 Å². The number of hydrogen-bond donors (Lipinski definition) is 2. The maximum Gasteiger partial charge on any atom is 0.252 e. The molecule has 5 heteroatoms. The summed E-state index contributed by atoms with van der Waals surface area (Å²) < 4.78 is 0. The van der Waals surface area contributed by atoms with Crippen LogP contribution >= 0.6 is 0 Å². The maximum absolute atomic E-state index is 12.5. The van der Waals surface area contributed by atoms with Crippen molar-refractivity contribution in [3.63, 3.8) is 0 Å². The van der Waals surface area contributed by atoms with Gasteiger partial charge in [0.15, 0.2) is 0 Å². The molecule has 152 valence electrons. The molecule has 3 atom stereocenters. The number of rotatable bonds is 8. The molecule has 1 saturated carbocycles. The summed E-state index contributed by atoms with van der Waals surface area (Å²) in [4.78, 5) is 18.9. The van der Waals surface area contributed by atoms with Crippen LogP contribution < -0.4 is 5.32 Å². The summed E-state index contributed by atoms with van der Waals surface area (Å²) in [6, 6.07) is 12.4. The fourth-order valence-corrected chi connectivity index (χ4v) is 4.41. The van der Waals surface area contributed by atoms with Gasteiger partial charge in [-0.3, -0.25) is 14.7 Å². The second-order valence-electron chi connectivity index (χ2n) is 8.10. The van der Waals surface area contributed by atoms with Crippen molar-refractivity contribution < 1.29 is 9.90 Å². The second kappa shape index (κ2) is 8.89. The SMILES string of the molecule is C/C=C/c1ccc([C@H]2[C@@H](CO)N(CC3CC3)[C@@H]2CNC(=O)c2cccnc2)cc1. The van der Waals surface area contributed by atoms with Crippen LogP contribution in [0.4, 0.5) is 0 Å². The minimum Gasteiger partial charge on any atom is -0.395 e. The van der Waals surface area contributed by atoms with Crippen molar-refractivity contribution in [3.05, 3.63) is 71.6 Å². The first kappa shape index (κ1) is 19.8. The number of aromatic nitrogens is 1. The average molecular weight is 392 g/mol. The topological polar surface area (TPSA) is 65.5 Å². The zero-order valence-corrected chi connectivity index (χ0v) is 16.9. The van der Waals surface area contributed by atoms with Gasteiger partial charge in [0.05, 0.1) is 12.2 Å². The van der Waals surface area contributed by atoms with E-state index in [9.17, 15) is 9.90 Å². The van der Waals surface area contributed by atoms with Crippen molar-refractivity contribution in [1.29, 1.82) is 0 Å². The first-order valence-electron chi connectivity index (χ1n) is 10.5. The normalized spacial score (nSPS) is 24.4. The molecule has 1 aromatic carbocycles. The Kier molecular flexibility index (Phi) is 6.07. The summed E-state index contributed by atoms with van der Waals surface area (Å²) in [6.07, 6.45) is 9.91. The highest BCUT2D eigenvalue weighted by atomic mass is 16.3. The van der Waals surface area contributed by atoms with Crippen molar-refractivity contribution in [2.24, 2.45) is 5.92 Å². The van der Waals surface area contributed by atoms with E-state index >= 15 is 0 Å². The van der Waals surface area contributed by atoms with E-state index in [0.29, 0.717) is 12.1 Å². The Hall–Kier alpha value is -2.50. The number of aliphatic hydroxyl groups is 1. The molecule has 1 aliphatic carbocycles. The second-order valence-corrected chi connectivity index (χ2v) is 8.10. The molecule has 0 spiro atoms. The van der Waals surface area contributed by atoms with E-state index in [0.717, 1.165) is 12.5 Å². The molecule has 29 heavy (non-hydrogen) atoms. The first-order chi connectivity index (χ1) is 14.2. The van der Waals surface area contributed by atoms with Gasteiger partial charge in [-0.15, -0.1) is 0 Å². The highest BCUT2D eigenvalue weighted by Crippen LogP contribution is 2.43. The van der Waals surface area contributed by atoms with Crippen molar-refractivity contribution >= 4 is 12.0 Å². The first-order valence-corrected chi connectivity index (χ1v) is 10.5. The Balaban J connectivity index is 1.50. The summed E-state index contributed by atoms with van der Waals surface area (Å²) in [6.45, 7) is 3.73. The molecular weight excluding hydrogens is 362 g/mol. The summed E-state index contributed by atoms with van der Waals surface area (Å²) in [5, 5.41) is 13.2. The molecule has 0 radical (unpaired) electrons. The van der Waals surface area contributed by atoms with E-state index in [1.165, 1.54) is 24.0 Å². The standard InChI is InChI=1S/C24H29N3O2/c1-2-4-17-8-10-19(11-9-17)23-21(27(22(23)16-28)15-18-6-7-18)14-26-24(29)20-5-3-12-25-13-20/h2-5,8-13,18,21-23,28H,6-7,14-16H2,1H3,(H,26,29)/b4-2+/t21-,22-,23-/m1/s1. The van der Waals surface area contributed by atoms with E-state index < -0.39 is 0 Å². The minimum absolute atomic E-state index is 0.0981. The Morgan fingerprint density at radius 1 is 1.24 bits per heavy atom. The molecule has 2 aliphatic rings. The molecule has 2 heterocycles. The number of benzene rings is 1. The van der Waals surface area contributed by atoms with Crippen LogP contribution in [0, 0.1) is 5.92 Å². The van der Waals surface area contributed by atoms with E-state index in [1.807, 2.05) is 13.0 Å². The Morgan fingerprint density at radius 3 is 2.66 bits per heavy atom. The van der Waals surface area contributed by atoms with E-state index in [-0.39, 0.29) is 30.5 Å². The number of amides is 1. The van der Waals surface area contributed by atoms with Gasteiger partial charge in [-0.2, -0.15) is 0 Å². The van der Waals surface area contributed by atoms with Crippen molar-refractivity contribution in [2.75, 3.05) is 19.7 Å². The van der Waals surface area contributed by atoms with Crippen LogP contribution in [0.3, 0.4) is 0 Å². The number of carbonyl (C=O) groups is 1. The number of pyridine rings is 1. The summed E-state index contributed by atoms with van der Waals surface area (Å²) in [5.74, 6) is 0.852. The molecule has 1 aromatic heterocycles.